The highest BCUT2D eigenvalue weighted by Crippen LogP contribution is 2.43. The summed E-state index contributed by atoms with van der Waals surface area (Å²) in [4.78, 5) is 25.4. The van der Waals surface area contributed by atoms with Crippen LogP contribution in [0.3, 0.4) is 0 Å². The van der Waals surface area contributed by atoms with E-state index < -0.39 is 5.97 Å². The topological polar surface area (TPSA) is 105 Å². The van der Waals surface area contributed by atoms with Gasteiger partial charge in [-0.1, -0.05) is 86.7 Å². The van der Waals surface area contributed by atoms with E-state index in [2.05, 4.69) is 0 Å². The third-order valence-corrected chi connectivity index (χ3v) is 7.58. The van der Waals surface area contributed by atoms with Crippen LogP contribution < -0.4 is 11.5 Å². The Hall–Kier alpha value is -3.80. The Morgan fingerprint density at radius 3 is 2.14 bits per heavy atom. The van der Waals surface area contributed by atoms with E-state index in [1.165, 1.54) is 20.6 Å². The molecule has 2 unspecified atom stereocenters. The molecule has 6 heteroatoms. The summed E-state index contributed by atoms with van der Waals surface area (Å²) in [5, 5.41) is 1.65. The van der Waals surface area contributed by atoms with Gasteiger partial charge in [0.15, 0.2) is 0 Å². The van der Waals surface area contributed by atoms with Crippen molar-refractivity contribution < 1.29 is 19.1 Å². The molecule has 0 heterocycles. The zero-order chi connectivity index (χ0) is 26.4. The number of methoxy groups -OCH3 is 2. The molecule has 2 aliphatic rings. The van der Waals surface area contributed by atoms with Crippen molar-refractivity contribution in [1.82, 2.24) is 0 Å². The number of anilines is 2. The largest absolute Gasteiger partial charge is 0.469 e. The summed E-state index contributed by atoms with van der Waals surface area (Å²) in [6.07, 6.45) is 18.2. The van der Waals surface area contributed by atoms with Crippen molar-refractivity contribution in [3.05, 3.63) is 77.4 Å². The summed E-state index contributed by atoms with van der Waals surface area (Å²) in [5.41, 5.74) is 17.5. The Balaban J connectivity index is 1.83. The Bertz CT molecular complexity index is 1300. The number of esters is 2. The van der Waals surface area contributed by atoms with Crippen LogP contribution in [0.15, 0.2) is 66.3 Å². The van der Waals surface area contributed by atoms with Crippen LogP contribution in [-0.4, -0.2) is 26.2 Å². The van der Waals surface area contributed by atoms with E-state index >= 15 is 0 Å². The van der Waals surface area contributed by atoms with E-state index in [9.17, 15) is 9.59 Å². The van der Waals surface area contributed by atoms with Crippen LogP contribution in [0.25, 0.3) is 16.3 Å². The quantitative estimate of drug-likeness (QED) is 0.381. The van der Waals surface area contributed by atoms with Gasteiger partial charge in [0.25, 0.3) is 0 Å². The molecular formula is C31H36N2O4. The molecule has 4 N–H and O–H groups in total. The molecule has 2 aliphatic carbocycles. The third-order valence-electron chi connectivity index (χ3n) is 7.58. The first kappa shape index (κ1) is 26.3. The number of benzene rings is 2. The Morgan fingerprint density at radius 1 is 0.757 bits per heavy atom. The number of rotatable bonds is 4. The van der Waals surface area contributed by atoms with Gasteiger partial charge in [-0.25, -0.2) is 4.79 Å². The van der Waals surface area contributed by atoms with Crippen molar-refractivity contribution in [2.75, 3.05) is 25.7 Å². The van der Waals surface area contributed by atoms with Gasteiger partial charge < -0.3 is 20.9 Å². The number of nitrogens with two attached hydrogens (primary N) is 2. The maximum atomic E-state index is 12.8. The van der Waals surface area contributed by atoms with Gasteiger partial charge in [-0.3, -0.25) is 4.79 Å². The van der Waals surface area contributed by atoms with Gasteiger partial charge in [-0.15, -0.1) is 0 Å². The van der Waals surface area contributed by atoms with Gasteiger partial charge in [-0.2, -0.15) is 0 Å². The maximum Gasteiger partial charge on any atom is 0.338 e. The molecule has 2 aromatic carbocycles. The molecule has 0 aliphatic heterocycles. The second-order valence-corrected chi connectivity index (χ2v) is 9.69. The van der Waals surface area contributed by atoms with Crippen LogP contribution >= 0.6 is 0 Å². The standard InChI is InChI=1S/C31H36N2O4/c1-36-30(34)26-14-10-5-3-4-8-12-20(26)22-16-18-25-24(28(22)32)19-17-23(29(25)33)21-13-9-6-7-11-15-27(21)31(35)37-2/h6-7,9,11,13,15-20,26H,3-5,8,10,12,14,32-33H2,1-2H3. The van der Waals surface area contributed by atoms with Crippen LogP contribution in [0.4, 0.5) is 11.4 Å². The molecule has 1 fully saturated rings. The van der Waals surface area contributed by atoms with Gasteiger partial charge in [0.1, 0.15) is 0 Å². The SMILES string of the molecule is COC(=O)C1=C(c2ccc3c(N)c(C4CCCCCCCC4C(=O)OC)ccc3c2N)C=CC=CC=C1. The molecule has 4 rings (SSSR count). The lowest BCUT2D eigenvalue weighted by Crippen LogP contribution is -2.24. The van der Waals surface area contributed by atoms with Gasteiger partial charge in [0.2, 0.25) is 0 Å². The second kappa shape index (κ2) is 12.0. The lowest BCUT2D eigenvalue weighted by Gasteiger charge is -2.27. The van der Waals surface area contributed by atoms with Crippen molar-refractivity contribution in [2.45, 2.75) is 50.9 Å². The molecular weight excluding hydrogens is 464 g/mol. The molecule has 2 atom stereocenters. The van der Waals surface area contributed by atoms with E-state index in [4.69, 9.17) is 20.9 Å². The number of ether oxygens (including phenoxy) is 2. The van der Waals surface area contributed by atoms with Crippen LogP contribution in [0, 0.1) is 5.92 Å². The van der Waals surface area contributed by atoms with Crippen LogP contribution in [0.2, 0.25) is 0 Å². The van der Waals surface area contributed by atoms with E-state index in [0.717, 1.165) is 60.4 Å². The zero-order valence-corrected chi connectivity index (χ0v) is 21.7. The van der Waals surface area contributed by atoms with E-state index in [1.807, 2.05) is 48.6 Å². The number of nitrogen functional groups attached to an aromatic ring is 2. The molecule has 37 heavy (non-hydrogen) atoms. The maximum absolute atomic E-state index is 12.8. The Labute approximate surface area is 218 Å². The minimum absolute atomic E-state index is 0.00467. The van der Waals surface area contributed by atoms with Crippen LogP contribution in [0.5, 0.6) is 0 Å². The van der Waals surface area contributed by atoms with Crippen molar-refractivity contribution in [1.29, 1.82) is 0 Å². The van der Waals surface area contributed by atoms with E-state index in [-0.39, 0.29) is 17.8 Å². The highest BCUT2D eigenvalue weighted by atomic mass is 16.5. The van der Waals surface area contributed by atoms with Crippen LogP contribution in [0.1, 0.15) is 62.0 Å². The van der Waals surface area contributed by atoms with Gasteiger partial charge in [-0.05, 0) is 36.0 Å². The molecule has 2 aromatic rings. The lowest BCUT2D eigenvalue weighted by atomic mass is 9.78. The fraction of sp³-hybridized carbons (Fsp3) is 0.355. The number of allylic oxidation sites excluding steroid dienone is 6. The summed E-state index contributed by atoms with van der Waals surface area (Å²) < 4.78 is 10.2. The minimum atomic E-state index is -0.436. The van der Waals surface area contributed by atoms with Crippen LogP contribution in [-0.2, 0) is 19.1 Å². The molecule has 0 radical (unpaired) electrons. The number of fused-ring (bicyclic) bond motifs is 1. The number of hydrogen-bond donors (Lipinski definition) is 2. The summed E-state index contributed by atoms with van der Waals surface area (Å²) in [6, 6.07) is 7.86. The highest BCUT2D eigenvalue weighted by Gasteiger charge is 2.32. The molecule has 0 spiro atoms. The number of carbonyl (C=O) groups excluding carboxylic acids is 2. The smallest absolute Gasteiger partial charge is 0.338 e. The monoisotopic (exact) mass is 500 g/mol. The van der Waals surface area contributed by atoms with E-state index in [1.54, 1.807) is 12.2 Å². The van der Waals surface area contributed by atoms with Crippen molar-refractivity contribution >= 4 is 39.7 Å². The molecule has 0 saturated heterocycles. The molecule has 6 nitrogen and oxygen atoms in total. The minimum Gasteiger partial charge on any atom is -0.469 e. The normalized spacial score (nSPS) is 20.5. The summed E-state index contributed by atoms with van der Waals surface area (Å²) in [7, 11) is 2.83. The second-order valence-electron chi connectivity index (χ2n) is 9.69. The molecule has 1 saturated carbocycles. The summed E-state index contributed by atoms with van der Waals surface area (Å²) >= 11 is 0. The predicted octanol–water partition coefficient (Wildman–Crippen LogP) is 6.23. The fourth-order valence-corrected chi connectivity index (χ4v) is 5.63. The van der Waals surface area contributed by atoms with Gasteiger partial charge in [0, 0.05) is 27.7 Å². The molecule has 0 aromatic heterocycles. The fourth-order valence-electron chi connectivity index (χ4n) is 5.63. The third kappa shape index (κ3) is 5.48. The average molecular weight is 501 g/mol. The summed E-state index contributed by atoms with van der Waals surface area (Å²) in [5.74, 6) is -0.821. The highest BCUT2D eigenvalue weighted by molar-refractivity contribution is 6.09. The molecule has 0 bridgehead atoms. The van der Waals surface area contributed by atoms with Crippen molar-refractivity contribution in [2.24, 2.45) is 5.92 Å². The van der Waals surface area contributed by atoms with Crippen molar-refractivity contribution in [3.63, 3.8) is 0 Å². The number of hydrogen-bond acceptors (Lipinski definition) is 6. The average Bonchev–Trinajstić information content (AvgIpc) is 3.01. The number of carbonyl (C=O) groups is 2. The van der Waals surface area contributed by atoms with Gasteiger partial charge >= 0.3 is 11.9 Å². The van der Waals surface area contributed by atoms with E-state index in [0.29, 0.717) is 22.5 Å². The first-order valence-corrected chi connectivity index (χ1v) is 13.0. The first-order chi connectivity index (χ1) is 18.0. The molecule has 194 valence electrons. The predicted molar refractivity (Wildman–Crippen MR) is 150 cm³/mol. The Morgan fingerprint density at radius 2 is 1.41 bits per heavy atom. The Kier molecular flexibility index (Phi) is 8.49. The zero-order valence-electron chi connectivity index (χ0n) is 21.7. The molecule has 0 amide bonds. The first-order valence-electron chi connectivity index (χ1n) is 13.0. The lowest BCUT2D eigenvalue weighted by molar-refractivity contribution is -0.146. The van der Waals surface area contributed by atoms with Gasteiger partial charge in [0.05, 0.1) is 25.7 Å². The van der Waals surface area contributed by atoms with Crippen molar-refractivity contribution in [3.8, 4) is 0 Å². The summed E-state index contributed by atoms with van der Waals surface area (Å²) in [6.45, 7) is 0.